The van der Waals surface area contributed by atoms with E-state index in [0.717, 1.165) is 11.0 Å². The zero-order valence-corrected chi connectivity index (χ0v) is 15.1. The van der Waals surface area contributed by atoms with Gasteiger partial charge in [0.05, 0.1) is 11.0 Å². The van der Waals surface area contributed by atoms with Gasteiger partial charge in [-0.1, -0.05) is 12.1 Å². The van der Waals surface area contributed by atoms with Crippen LogP contribution in [0.4, 0.5) is 11.4 Å². The Kier molecular flexibility index (Phi) is 4.56. The molecule has 4 heteroatoms. The Hall–Kier alpha value is -1.56. The summed E-state index contributed by atoms with van der Waals surface area (Å²) >= 11 is 0. The van der Waals surface area contributed by atoms with Gasteiger partial charge in [-0.25, -0.2) is 4.98 Å². The minimum Gasteiger partial charge on any atom is -0.378 e. The summed E-state index contributed by atoms with van der Waals surface area (Å²) in [6, 6.07) is 15.0. The van der Waals surface area contributed by atoms with Gasteiger partial charge in [-0.3, -0.25) is 0 Å². The third-order valence-corrected chi connectivity index (χ3v) is 3.61. The summed E-state index contributed by atoms with van der Waals surface area (Å²) in [4.78, 5) is 9.01. The Balaban J connectivity index is 0.00000161. The van der Waals surface area contributed by atoms with E-state index in [-0.39, 0.29) is 24.0 Å². The van der Waals surface area contributed by atoms with Gasteiger partial charge in [-0.2, -0.15) is 0 Å². The number of pyridine rings is 1. The Bertz CT molecular complexity index is 718. The molecule has 1 heterocycles. The number of nitrogens with zero attached hydrogens (tertiary/aromatic N) is 3. The first-order chi connectivity index (χ1) is 9.54. The quantitative estimate of drug-likeness (QED) is 0.482. The van der Waals surface area contributed by atoms with Crippen LogP contribution in [-0.4, -0.2) is 33.2 Å². The molecule has 1 aromatic heterocycles. The minimum atomic E-state index is 0. The maximum atomic E-state index is 4.81. The fourth-order valence-corrected chi connectivity index (χ4v) is 2.36. The van der Waals surface area contributed by atoms with Gasteiger partial charge in [0.15, 0.2) is 0 Å². The molecule has 21 heavy (non-hydrogen) atoms. The molecule has 2 aromatic carbocycles. The molecule has 110 valence electrons. The largest absolute Gasteiger partial charge is 0.378 e. The Morgan fingerprint density at radius 3 is 1.48 bits per heavy atom. The third kappa shape index (κ3) is 3.05. The van der Waals surface area contributed by atoms with Crippen molar-refractivity contribution in [1.82, 2.24) is 4.98 Å². The van der Waals surface area contributed by atoms with E-state index in [2.05, 4.69) is 52.3 Å². The van der Waals surface area contributed by atoms with E-state index in [1.807, 2.05) is 28.2 Å². The molecule has 3 rings (SSSR count). The second-order valence-electron chi connectivity index (χ2n) is 5.53. The summed E-state index contributed by atoms with van der Waals surface area (Å²) in [5.74, 6) is 0. The van der Waals surface area contributed by atoms with Crippen molar-refractivity contribution in [3.63, 3.8) is 0 Å². The van der Waals surface area contributed by atoms with E-state index in [9.17, 15) is 0 Å². The van der Waals surface area contributed by atoms with E-state index in [0.29, 0.717) is 0 Å². The van der Waals surface area contributed by atoms with Gasteiger partial charge < -0.3 is 9.80 Å². The smallest absolute Gasteiger partial charge is 0.0730 e. The number of fused-ring (bicyclic) bond motifs is 2. The van der Waals surface area contributed by atoms with Gasteiger partial charge in [-0.05, 0) is 30.3 Å². The standard InChI is InChI=1S/C17H19N3.HI/c1-19(2)14-7-5-12-9-13-6-8-15(20(3)4)11-17(13)18-16(12)10-14;/h5-11H,1-4H3;1H. The number of anilines is 2. The molecule has 0 amide bonds. The summed E-state index contributed by atoms with van der Waals surface area (Å²) in [5.41, 5.74) is 4.43. The molecular formula is C17H20IN3. The number of rotatable bonds is 2. The van der Waals surface area contributed by atoms with Crippen LogP contribution in [-0.2, 0) is 0 Å². The number of hydrogen-bond acceptors (Lipinski definition) is 3. The molecule has 0 spiro atoms. The van der Waals surface area contributed by atoms with Crippen molar-refractivity contribution in [3.05, 3.63) is 42.5 Å². The van der Waals surface area contributed by atoms with Crippen LogP contribution >= 0.6 is 24.0 Å². The van der Waals surface area contributed by atoms with Gasteiger partial charge >= 0.3 is 0 Å². The highest BCUT2D eigenvalue weighted by Gasteiger charge is 2.04. The van der Waals surface area contributed by atoms with Crippen molar-refractivity contribution in [2.75, 3.05) is 38.0 Å². The van der Waals surface area contributed by atoms with Gasteiger partial charge in [0.2, 0.25) is 0 Å². The normalized spacial score (nSPS) is 10.5. The van der Waals surface area contributed by atoms with Crippen LogP contribution in [0.3, 0.4) is 0 Å². The predicted octanol–water partition coefficient (Wildman–Crippen LogP) is 4.14. The lowest BCUT2D eigenvalue weighted by atomic mass is 10.1. The molecule has 3 nitrogen and oxygen atoms in total. The number of benzene rings is 2. The fourth-order valence-electron chi connectivity index (χ4n) is 2.36. The van der Waals surface area contributed by atoms with E-state index in [1.165, 1.54) is 22.1 Å². The summed E-state index contributed by atoms with van der Waals surface area (Å²) in [6.07, 6.45) is 0. The van der Waals surface area contributed by atoms with Gasteiger partial charge in [0, 0.05) is 50.3 Å². The third-order valence-electron chi connectivity index (χ3n) is 3.61. The Morgan fingerprint density at radius 1 is 0.667 bits per heavy atom. The zero-order valence-electron chi connectivity index (χ0n) is 12.8. The molecule has 0 unspecified atom stereocenters. The fraction of sp³-hybridized carbons (Fsp3) is 0.235. The summed E-state index contributed by atoms with van der Waals surface area (Å²) in [5, 5.41) is 2.36. The van der Waals surface area contributed by atoms with E-state index in [1.54, 1.807) is 0 Å². The van der Waals surface area contributed by atoms with Crippen molar-refractivity contribution < 1.29 is 0 Å². The molecular weight excluding hydrogens is 373 g/mol. The van der Waals surface area contributed by atoms with Gasteiger partial charge in [-0.15, -0.1) is 24.0 Å². The Morgan fingerprint density at radius 2 is 1.10 bits per heavy atom. The molecule has 0 bridgehead atoms. The SMILES string of the molecule is CN(C)c1ccc2cc3ccc(N(C)C)cc3nc2c1.I. The van der Waals surface area contributed by atoms with Crippen molar-refractivity contribution in [2.24, 2.45) is 0 Å². The monoisotopic (exact) mass is 393 g/mol. The highest BCUT2D eigenvalue weighted by atomic mass is 127. The van der Waals surface area contributed by atoms with Crippen molar-refractivity contribution in [2.45, 2.75) is 0 Å². The molecule has 0 saturated carbocycles. The van der Waals surface area contributed by atoms with Crippen LogP contribution < -0.4 is 9.80 Å². The summed E-state index contributed by atoms with van der Waals surface area (Å²) in [6.45, 7) is 0. The van der Waals surface area contributed by atoms with Crippen LogP contribution in [0.15, 0.2) is 42.5 Å². The van der Waals surface area contributed by atoms with E-state index in [4.69, 9.17) is 4.98 Å². The topological polar surface area (TPSA) is 19.4 Å². The Labute approximate surface area is 142 Å². The predicted molar refractivity (Wildman–Crippen MR) is 103 cm³/mol. The molecule has 0 atom stereocenters. The molecule has 3 aromatic rings. The average Bonchev–Trinajstić information content (AvgIpc) is 2.43. The average molecular weight is 393 g/mol. The second-order valence-corrected chi connectivity index (χ2v) is 5.53. The van der Waals surface area contributed by atoms with Gasteiger partial charge in [0.25, 0.3) is 0 Å². The van der Waals surface area contributed by atoms with E-state index < -0.39 is 0 Å². The van der Waals surface area contributed by atoms with Crippen molar-refractivity contribution in [3.8, 4) is 0 Å². The first-order valence-electron chi connectivity index (χ1n) is 6.74. The minimum absolute atomic E-state index is 0. The lowest BCUT2D eigenvalue weighted by Crippen LogP contribution is -2.08. The van der Waals surface area contributed by atoms with Crippen molar-refractivity contribution >= 4 is 57.2 Å². The molecule has 0 saturated heterocycles. The highest BCUT2D eigenvalue weighted by molar-refractivity contribution is 14.0. The molecule has 0 fully saturated rings. The zero-order chi connectivity index (χ0) is 14.3. The number of aromatic nitrogens is 1. The van der Waals surface area contributed by atoms with Crippen LogP contribution in [0, 0.1) is 0 Å². The summed E-state index contributed by atoms with van der Waals surface area (Å²) in [7, 11) is 8.19. The van der Waals surface area contributed by atoms with Crippen molar-refractivity contribution in [1.29, 1.82) is 0 Å². The summed E-state index contributed by atoms with van der Waals surface area (Å²) < 4.78 is 0. The molecule has 0 aliphatic carbocycles. The lowest BCUT2D eigenvalue weighted by Gasteiger charge is -2.14. The molecule has 0 radical (unpaired) electrons. The lowest BCUT2D eigenvalue weighted by molar-refractivity contribution is 1.13. The highest BCUT2D eigenvalue weighted by Crippen LogP contribution is 2.25. The van der Waals surface area contributed by atoms with Gasteiger partial charge in [0.1, 0.15) is 0 Å². The van der Waals surface area contributed by atoms with Crippen LogP contribution in [0.1, 0.15) is 0 Å². The second kappa shape index (κ2) is 6.05. The molecule has 0 N–H and O–H groups in total. The number of halogens is 1. The maximum Gasteiger partial charge on any atom is 0.0730 e. The molecule has 0 aliphatic rings. The van der Waals surface area contributed by atoms with Crippen LogP contribution in [0.25, 0.3) is 21.8 Å². The van der Waals surface area contributed by atoms with Crippen LogP contribution in [0.2, 0.25) is 0 Å². The maximum absolute atomic E-state index is 4.81. The van der Waals surface area contributed by atoms with Crippen LogP contribution in [0.5, 0.6) is 0 Å². The van der Waals surface area contributed by atoms with E-state index >= 15 is 0 Å². The molecule has 0 aliphatic heterocycles. The first-order valence-corrected chi connectivity index (χ1v) is 6.74. The first kappa shape index (κ1) is 15.8. The number of hydrogen-bond donors (Lipinski definition) is 0.